The number of hydrogen-bond acceptors (Lipinski definition) is 3. The Morgan fingerprint density at radius 2 is 1.70 bits per heavy atom. The van der Waals surface area contributed by atoms with Gasteiger partial charge >= 0.3 is 0 Å². The number of rotatable bonds is 7. The molecule has 1 N–H and O–H groups in total. The summed E-state index contributed by atoms with van der Waals surface area (Å²) in [6, 6.07) is 18.2. The molecule has 0 unspecified atom stereocenters. The average molecular weight is 495 g/mol. The van der Waals surface area contributed by atoms with E-state index in [2.05, 4.69) is 37.2 Å². The van der Waals surface area contributed by atoms with Crippen molar-refractivity contribution in [2.45, 2.75) is 13.2 Å². The molecule has 0 heterocycles. The van der Waals surface area contributed by atoms with Crippen LogP contribution < -0.4 is 14.8 Å². The Kier molecular flexibility index (Phi) is 6.74. The number of ether oxygens (including phenoxy) is 2. The lowest BCUT2D eigenvalue weighted by atomic mass is 10.1. The van der Waals surface area contributed by atoms with Crippen molar-refractivity contribution in [3.63, 3.8) is 0 Å². The highest BCUT2D eigenvalue weighted by Crippen LogP contribution is 2.37. The van der Waals surface area contributed by atoms with Gasteiger partial charge in [-0.15, -0.1) is 0 Å². The SMILES string of the molecule is COc1ccc(Br)c(CNc2ccc(Br)cc2)c1OCc1ccccc1F. The highest BCUT2D eigenvalue weighted by Gasteiger charge is 2.15. The quantitative estimate of drug-likeness (QED) is 0.404. The molecule has 0 atom stereocenters. The van der Waals surface area contributed by atoms with Gasteiger partial charge in [0.05, 0.1) is 7.11 Å². The molecule has 140 valence electrons. The highest BCUT2D eigenvalue weighted by atomic mass is 79.9. The molecule has 0 spiro atoms. The van der Waals surface area contributed by atoms with Gasteiger partial charge in [0.2, 0.25) is 0 Å². The summed E-state index contributed by atoms with van der Waals surface area (Å²) in [7, 11) is 1.59. The Morgan fingerprint density at radius 1 is 0.963 bits per heavy atom. The number of nitrogens with one attached hydrogen (secondary N) is 1. The first-order chi connectivity index (χ1) is 13.1. The van der Waals surface area contributed by atoms with Crippen LogP contribution >= 0.6 is 31.9 Å². The first kappa shape index (κ1) is 19.7. The van der Waals surface area contributed by atoms with Crippen LogP contribution in [0.2, 0.25) is 0 Å². The van der Waals surface area contributed by atoms with Crippen LogP contribution in [0.1, 0.15) is 11.1 Å². The minimum absolute atomic E-state index is 0.116. The Morgan fingerprint density at radius 3 is 2.41 bits per heavy atom. The fourth-order valence-electron chi connectivity index (χ4n) is 2.59. The van der Waals surface area contributed by atoms with Gasteiger partial charge in [-0.05, 0) is 42.5 Å². The molecule has 0 saturated heterocycles. The Bertz CT molecular complexity index is 917. The number of methoxy groups -OCH3 is 1. The van der Waals surface area contributed by atoms with Gasteiger partial charge in [0.1, 0.15) is 12.4 Å². The van der Waals surface area contributed by atoms with E-state index in [1.54, 1.807) is 25.3 Å². The van der Waals surface area contributed by atoms with E-state index in [-0.39, 0.29) is 12.4 Å². The monoisotopic (exact) mass is 493 g/mol. The van der Waals surface area contributed by atoms with Crippen LogP contribution in [-0.4, -0.2) is 7.11 Å². The van der Waals surface area contributed by atoms with Gasteiger partial charge in [-0.1, -0.05) is 50.1 Å². The van der Waals surface area contributed by atoms with Crippen molar-refractivity contribution in [2.75, 3.05) is 12.4 Å². The van der Waals surface area contributed by atoms with E-state index >= 15 is 0 Å². The lowest BCUT2D eigenvalue weighted by Gasteiger charge is -2.18. The van der Waals surface area contributed by atoms with Crippen LogP contribution in [0.15, 0.2) is 69.6 Å². The molecule has 0 aliphatic carbocycles. The van der Waals surface area contributed by atoms with Crippen molar-refractivity contribution in [2.24, 2.45) is 0 Å². The van der Waals surface area contributed by atoms with Gasteiger partial charge in [0, 0.05) is 32.3 Å². The van der Waals surface area contributed by atoms with Gasteiger partial charge in [-0.3, -0.25) is 0 Å². The maximum Gasteiger partial charge on any atom is 0.167 e. The predicted molar refractivity (Wildman–Crippen MR) is 113 cm³/mol. The largest absolute Gasteiger partial charge is 0.493 e. The van der Waals surface area contributed by atoms with Crippen LogP contribution in [-0.2, 0) is 13.2 Å². The normalized spacial score (nSPS) is 10.5. The van der Waals surface area contributed by atoms with E-state index in [9.17, 15) is 4.39 Å². The van der Waals surface area contributed by atoms with Gasteiger partial charge in [-0.2, -0.15) is 0 Å². The molecule has 0 aliphatic rings. The summed E-state index contributed by atoms with van der Waals surface area (Å²) in [4.78, 5) is 0. The van der Waals surface area contributed by atoms with E-state index in [4.69, 9.17) is 9.47 Å². The second-order valence-electron chi connectivity index (χ2n) is 5.80. The summed E-state index contributed by atoms with van der Waals surface area (Å²) >= 11 is 7.01. The lowest BCUT2D eigenvalue weighted by Crippen LogP contribution is -2.07. The number of anilines is 1. The van der Waals surface area contributed by atoms with E-state index in [1.165, 1.54) is 6.07 Å². The van der Waals surface area contributed by atoms with E-state index in [0.717, 1.165) is 20.2 Å². The van der Waals surface area contributed by atoms with E-state index in [0.29, 0.717) is 23.6 Å². The highest BCUT2D eigenvalue weighted by molar-refractivity contribution is 9.10. The van der Waals surface area contributed by atoms with Gasteiger partial charge < -0.3 is 14.8 Å². The van der Waals surface area contributed by atoms with Crippen molar-refractivity contribution < 1.29 is 13.9 Å². The Hall–Kier alpha value is -2.05. The maximum atomic E-state index is 13.9. The summed E-state index contributed by atoms with van der Waals surface area (Å²) < 4.78 is 27.2. The van der Waals surface area contributed by atoms with Crippen molar-refractivity contribution in [3.05, 3.63) is 86.6 Å². The molecule has 3 aromatic carbocycles. The van der Waals surface area contributed by atoms with E-state index in [1.807, 2.05) is 36.4 Å². The van der Waals surface area contributed by atoms with Gasteiger partial charge in [-0.25, -0.2) is 4.39 Å². The predicted octanol–water partition coefficient (Wildman–Crippen LogP) is 6.55. The minimum atomic E-state index is -0.291. The summed E-state index contributed by atoms with van der Waals surface area (Å²) in [5, 5.41) is 3.37. The molecule has 0 saturated carbocycles. The molecule has 0 bridgehead atoms. The topological polar surface area (TPSA) is 30.5 Å². The molecular formula is C21H18Br2FNO2. The third-order valence-electron chi connectivity index (χ3n) is 4.03. The molecular weight excluding hydrogens is 477 g/mol. The second-order valence-corrected chi connectivity index (χ2v) is 7.57. The van der Waals surface area contributed by atoms with Crippen molar-refractivity contribution >= 4 is 37.5 Å². The third-order valence-corrected chi connectivity index (χ3v) is 5.30. The standard InChI is InChI=1S/C21H18Br2FNO2/c1-26-20-11-10-18(23)17(12-25-16-8-6-15(22)7-9-16)21(20)27-13-14-4-2-3-5-19(14)24/h2-11,25H,12-13H2,1H3. The minimum Gasteiger partial charge on any atom is -0.493 e. The average Bonchev–Trinajstić information content (AvgIpc) is 2.68. The molecule has 0 fully saturated rings. The van der Waals surface area contributed by atoms with Crippen LogP contribution in [0.25, 0.3) is 0 Å². The number of benzene rings is 3. The Labute approximate surface area is 174 Å². The van der Waals surface area contributed by atoms with Crippen molar-refractivity contribution in [3.8, 4) is 11.5 Å². The molecule has 3 rings (SSSR count). The van der Waals surface area contributed by atoms with Crippen LogP contribution in [0, 0.1) is 5.82 Å². The number of hydrogen-bond donors (Lipinski definition) is 1. The summed E-state index contributed by atoms with van der Waals surface area (Å²) in [5.74, 6) is 0.892. The zero-order valence-corrected chi connectivity index (χ0v) is 17.8. The molecule has 3 nitrogen and oxygen atoms in total. The first-order valence-electron chi connectivity index (χ1n) is 8.29. The molecule has 27 heavy (non-hydrogen) atoms. The first-order valence-corrected chi connectivity index (χ1v) is 9.88. The zero-order valence-electron chi connectivity index (χ0n) is 14.6. The molecule has 6 heteroatoms. The zero-order chi connectivity index (χ0) is 19.2. The molecule has 0 aliphatic heterocycles. The molecule has 0 amide bonds. The van der Waals surface area contributed by atoms with Crippen LogP contribution in [0.3, 0.4) is 0 Å². The smallest absolute Gasteiger partial charge is 0.167 e. The molecule has 0 aromatic heterocycles. The van der Waals surface area contributed by atoms with Crippen molar-refractivity contribution in [1.29, 1.82) is 0 Å². The second kappa shape index (κ2) is 9.24. The van der Waals surface area contributed by atoms with E-state index < -0.39 is 0 Å². The lowest BCUT2D eigenvalue weighted by molar-refractivity contribution is 0.276. The molecule has 3 aromatic rings. The summed E-state index contributed by atoms with van der Waals surface area (Å²) in [5.41, 5.74) is 2.37. The fourth-order valence-corrected chi connectivity index (χ4v) is 3.31. The van der Waals surface area contributed by atoms with Crippen LogP contribution in [0.5, 0.6) is 11.5 Å². The maximum absolute atomic E-state index is 13.9. The van der Waals surface area contributed by atoms with Gasteiger partial charge in [0.25, 0.3) is 0 Å². The summed E-state index contributed by atoms with van der Waals surface area (Å²) in [6.07, 6.45) is 0. The summed E-state index contributed by atoms with van der Waals surface area (Å²) in [6.45, 7) is 0.636. The van der Waals surface area contributed by atoms with Gasteiger partial charge in [0.15, 0.2) is 11.5 Å². The van der Waals surface area contributed by atoms with Crippen molar-refractivity contribution in [1.82, 2.24) is 0 Å². The number of halogens is 3. The fraction of sp³-hybridized carbons (Fsp3) is 0.143. The molecule has 0 radical (unpaired) electrons. The van der Waals surface area contributed by atoms with Crippen LogP contribution in [0.4, 0.5) is 10.1 Å². The third kappa shape index (κ3) is 5.02. The Balaban J connectivity index is 1.83.